The van der Waals surface area contributed by atoms with Crippen LogP contribution in [0.25, 0.3) is 0 Å². The van der Waals surface area contributed by atoms with Crippen LogP contribution in [0.2, 0.25) is 18.1 Å². The Bertz CT molecular complexity index is 1280. The SMILES string of the molecule is C[C@@H]1[C@@H](O[Si](C)(C)C(C)(C)C)[C@H](C/C=C/CO)O[C@@H]2[C@@H](C)[C@H](C)[C@@]3(C[C@H](OCc4ccccc4)CO3)O[C@H]2[C@H]1OCc1ccccc1. The molecule has 0 radical (unpaired) electrons. The van der Waals surface area contributed by atoms with E-state index in [9.17, 15) is 5.11 Å². The Labute approximate surface area is 284 Å². The minimum absolute atomic E-state index is 0.00515. The van der Waals surface area contributed by atoms with Crippen LogP contribution in [0.5, 0.6) is 0 Å². The second-order valence-corrected chi connectivity index (χ2v) is 20.2. The molecule has 3 aliphatic heterocycles. The average molecular weight is 667 g/mol. The lowest BCUT2D eigenvalue weighted by Crippen LogP contribution is -2.61. The van der Waals surface area contributed by atoms with Crippen molar-refractivity contribution in [2.75, 3.05) is 13.2 Å². The predicted octanol–water partition coefficient (Wildman–Crippen LogP) is 7.68. The fraction of sp³-hybridized carbons (Fsp3) is 0.641. The van der Waals surface area contributed by atoms with Gasteiger partial charge in [0.2, 0.25) is 0 Å². The van der Waals surface area contributed by atoms with Gasteiger partial charge in [0.25, 0.3) is 0 Å². The van der Waals surface area contributed by atoms with Crippen molar-refractivity contribution in [3.63, 3.8) is 0 Å². The first kappa shape index (κ1) is 36.4. The topological polar surface area (TPSA) is 75.6 Å². The van der Waals surface area contributed by atoms with Crippen molar-refractivity contribution in [3.8, 4) is 0 Å². The molecular formula is C39H58O7Si. The molecule has 0 saturated carbocycles. The second kappa shape index (κ2) is 15.3. The third-order valence-corrected chi connectivity index (χ3v) is 15.7. The summed E-state index contributed by atoms with van der Waals surface area (Å²) in [6.07, 6.45) is 3.69. The highest BCUT2D eigenvalue weighted by molar-refractivity contribution is 6.74. The van der Waals surface area contributed by atoms with E-state index in [0.29, 0.717) is 32.7 Å². The monoisotopic (exact) mass is 666 g/mol. The molecule has 8 heteroatoms. The molecule has 3 saturated heterocycles. The molecule has 0 amide bonds. The van der Waals surface area contributed by atoms with Gasteiger partial charge in [-0.25, -0.2) is 0 Å². The third-order valence-electron chi connectivity index (χ3n) is 11.2. The Kier molecular flexibility index (Phi) is 11.9. The summed E-state index contributed by atoms with van der Waals surface area (Å²) in [5.74, 6) is -0.663. The van der Waals surface area contributed by atoms with Crippen LogP contribution >= 0.6 is 0 Å². The highest BCUT2D eigenvalue weighted by atomic mass is 28.4. The van der Waals surface area contributed by atoms with Crippen LogP contribution in [0.4, 0.5) is 0 Å². The summed E-state index contributed by atoms with van der Waals surface area (Å²) in [5.41, 5.74) is 2.26. The highest BCUT2D eigenvalue weighted by Gasteiger charge is 2.61. The van der Waals surface area contributed by atoms with Gasteiger partial charge in [0.1, 0.15) is 6.10 Å². The quantitative estimate of drug-likeness (QED) is 0.195. The van der Waals surface area contributed by atoms with Gasteiger partial charge in [-0.3, -0.25) is 0 Å². The van der Waals surface area contributed by atoms with E-state index in [0.717, 1.165) is 11.1 Å². The summed E-state index contributed by atoms with van der Waals surface area (Å²) in [5, 5.41) is 9.59. The van der Waals surface area contributed by atoms with Crippen molar-refractivity contribution in [3.05, 3.63) is 83.9 Å². The molecule has 0 bridgehead atoms. The number of rotatable bonds is 11. The van der Waals surface area contributed by atoms with Gasteiger partial charge in [-0.1, -0.05) is 114 Å². The number of benzene rings is 2. The lowest BCUT2D eigenvalue weighted by molar-refractivity contribution is -0.340. The summed E-state index contributed by atoms with van der Waals surface area (Å²) in [7, 11) is -2.21. The fourth-order valence-electron chi connectivity index (χ4n) is 7.12. The first-order chi connectivity index (χ1) is 22.3. The van der Waals surface area contributed by atoms with Crippen molar-refractivity contribution in [2.24, 2.45) is 17.8 Å². The number of aliphatic hydroxyl groups excluding tert-OH is 1. The lowest BCUT2D eigenvalue weighted by atomic mass is 9.76. The van der Waals surface area contributed by atoms with E-state index in [-0.39, 0.29) is 66.0 Å². The molecule has 1 N–H and O–H groups in total. The van der Waals surface area contributed by atoms with Gasteiger partial charge in [0, 0.05) is 18.3 Å². The van der Waals surface area contributed by atoms with Gasteiger partial charge >= 0.3 is 0 Å². The van der Waals surface area contributed by atoms with E-state index in [1.54, 1.807) is 6.08 Å². The first-order valence-electron chi connectivity index (χ1n) is 17.6. The summed E-state index contributed by atoms with van der Waals surface area (Å²) < 4.78 is 41.6. The molecular weight excluding hydrogens is 609 g/mol. The van der Waals surface area contributed by atoms with Gasteiger partial charge in [-0.15, -0.1) is 0 Å². The van der Waals surface area contributed by atoms with Gasteiger partial charge in [-0.05, 0) is 41.6 Å². The average Bonchev–Trinajstić information content (AvgIpc) is 3.42. The summed E-state index contributed by atoms with van der Waals surface area (Å²) in [6, 6.07) is 20.6. The smallest absolute Gasteiger partial charge is 0.192 e. The Morgan fingerprint density at radius 1 is 0.851 bits per heavy atom. The second-order valence-electron chi connectivity index (χ2n) is 15.5. The molecule has 5 rings (SSSR count). The number of fused-ring (bicyclic) bond motifs is 1. The van der Waals surface area contributed by atoms with E-state index in [1.807, 2.05) is 42.5 Å². The molecule has 1 spiro atoms. The van der Waals surface area contributed by atoms with Crippen molar-refractivity contribution < 1.29 is 33.2 Å². The minimum Gasteiger partial charge on any atom is -0.411 e. The first-order valence-corrected chi connectivity index (χ1v) is 20.5. The minimum atomic E-state index is -2.21. The van der Waals surface area contributed by atoms with E-state index in [4.69, 9.17) is 28.1 Å². The zero-order valence-electron chi connectivity index (χ0n) is 29.8. The standard InChI is InChI=1S/C39H58O7Si/c1-27-29(3)39(23-32(26-43-39)41-24-30-17-11-9-12-18-30)45-37-35(42-25-31-19-13-10-14-20-31)28(2)34(46-47(7,8)38(4,5)6)33(44-36(27)37)21-15-16-22-40/h9-20,27-29,32-37,40H,21-26H2,1-8H3/b16-15+/t27-,28+,29-,32-,33-,34+,35-,36+,37-,39+/m0/s1. The van der Waals surface area contributed by atoms with Crippen LogP contribution in [0.3, 0.4) is 0 Å². The molecule has 47 heavy (non-hydrogen) atoms. The Morgan fingerprint density at radius 2 is 1.47 bits per heavy atom. The van der Waals surface area contributed by atoms with Gasteiger partial charge < -0.3 is 33.2 Å². The Hall–Kier alpha value is -1.88. The van der Waals surface area contributed by atoms with Crippen LogP contribution in [0, 0.1) is 17.8 Å². The number of ether oxygens (including phenoxy) is 5. The fourth-order valence-corrected chi connectivity index (χ4v) is 8.52. The van der Waals surface area contributed by atoms with Crippen molar-refractivity contribution in [1.29, 1.82) is 0 Å². The van der Waals surface area contributed by atoms with Crippen LogP contribution in [-0.2, 0) is 41.3 Å². The van der Waals surface area contributed by atoms with Crippen molar-refractivity contribution >= 4 is 8.32 Å². The van der Waals surface area contributed by atoms with E-state index < -0.39 is 14.1 Å². The summed E-state index contributed by atoms with van der Waals surface area (Å²) in [4.78, 5) is 0. The number of aliphatic hydroxyl groups is 1. The maximum Gasteiger partial charge on any atom is 0.192 e. The van der Waals surface area contributed by atoms with Crippen LogP contribution < -0.4 is 0 Å². The molecule has 0 aliphatic carbocycles. The summed E-state index contributed by atoms with van der Waals surface area (Å²) >= 11 is 0. The van der Waals surface area contributed by atoms with Gasteiger partial charge in [0.15, 0.2) is 14.1 Å². The maximum atomic E-state index is 9.57. The van der Waals surface area contributed by atoms with Crippen LogP contribution in [0.1, 0.15) is 65.5 Å². The molecule has 0 unspecified atom stereocenters. The van der Waals surface area contributed by atoms with Gasteiger partial charge in [-0.2, -0.15) is 0 Å². The largest absolute Gasteiger partial charge is 0.411 e. The third kappa shape index (κ3) is 8.30. The van der Waals surface area contributed by atoms with E-state index >= 15 is 0 Å². The molecule has 0 aromatic heterocycles. The lowest BCUT2D eigenvalue weighted by Gasteiger charge is -2.51. The van der Waals surface area contributed by atoms with E-state index in [2.05, 4.69) is 78.9 Å². The number of hydrogen-bond acceptors (Lipinski definition) is 7. The molecule has 3 fully saturated rings. The van der Waals surface area contributed by atoms with E-state index in [1.165, 1.54) is 0 Å². The highest BCUT2D eigenvalue weighted by Crippen LogP contribution is 2.51. The maximum absolute atomic E-state index is 9.57. The van der Waals surface area contributed by atoms with Crippen molar-refractivity contribution in [2.45, 2.75) is 128 Å². The zero-order chi connectivity index (χ0) is 33.8. The molecule has 260 valence electrons. The molecule has 3 heterocycles. The normalized spacial score (nSPS) is 34.9. The Balaban J connectivity index is 1.47. The molecule has 2 aromatic rings. The Morgan fingerprint density at radius 3 is 2.06 bits per heavy atom. The zero-order valence-corrected chi connectivity index (χ0v) is 30.8. The van der Waals surface area contributed by atoms with Gasteiger partial charge in [0.05, 0.1) is 56.9 Å². The molecule has 10 atom stereocenters. The molecule has 7 nitrogen and oxygen atoms in total. The van der Waals surface area contributed by atoms with Crippen molar-refractivity contribution in [1.82, 2.24) is 0 Å². The molecule has 3 aliphatic rings. The van der Waals surface area contributed by atoms with Crippen LogP contribution in [0.15, 0.2) is 72.8 Å². The summed E-state index contributed by atoms with van der Waals surface area (Å²) in [6.45, 7) is 19.6. The van der Waals surface area contributed by atoms with Crippen LogP contribution in [-0.4, -0.2) is 69.0 Å². The number of hydrogen-bond donors (Lipinski definition) is 1. The predicted molar refractivity (Wildman–Crippen MR) is 187 cm³/mol. The molecule has 2 aromatic carbocycles.